The summed E-state index contributed by atoms with van der Waals surface area (Å²) < 4.78 is 8.00. The summed E-state index contributed by atoms with van der Waals surface area (Å²) in [6.45, 7) is 2.42. The summed E-state index contributed by atoms with van der Waals surface area (Å²) in [7, 11) is 3.06. The number of nitriles is 1. The number of rotatable bonds is 6. The third kappa shape index (κ3) is 3.99. The highest BCUT2D eigenvalue weighted by Gasteiger charge is 2.30. The largest absolute Gasteiger partial charge is 0.448 e. The second-order valence-corrected chi connectivity index (χ2v) is 8.49. The zero-order chi connectivity index (χ0) is 22.8. The van der Waals surface area contributed by atoms with Gasteiger partial charge in [-0.25, -0.2) is 14.8 Å². The molecule has 32 heavy (non-hydrogen) atoms. The third-order valence-electron chi connectivity index (χ3n) is 5.30. The molecule has 0 fully saturated rings. The molecule has 1 aromatic carbocycles. The van der Waals surface area contributed by atoms with Gasteiger partial charge in [-0.2, -0.15) is 5.26 Å². The molecule has 1 unspecified atom stereocenters. The molecule has 0 amide bonds. The van der Waals surface area contributed by atoms with E-state index < -0.39 is 11.2 Å². The molecule has 3 aromatic rings. The van der Waals surface area contributed by atoms with Gasteiger partial charge in [-0.05, 0) is 24.1 Å². The van der Waals surface area contributed by atoms with E-state index in [9.17, 15) is 9.59 Å². The number of fused-ring (bicyclic) bond motifs is 1. The third-order valence-corrected chi connectivity index (χ3v) is 6.44. The first kappa shape index (κ1) is 21.6. The Bertz CT molecular complexity index is 1330. The molecule has 1 aliphatic rings. The van der Waals surface area contributed by atoms with E-state index in [2.05, 4.69) is 16.0 Å². The van der Waals surface area contributed by atoms with E-state index in [0.717, 1.165) is 22.2 Å². The molecular formula is C22H22N6O3S. The predicted molar refractivity (Wildman–Crippen MR) is 123 cm³/mol. The van der Waals surface area contributed by atoms with Gasteiger partial charge in [0.05, 0.1) is 23.1 Å². The zero-order valence-electron chi connectivity index (χ0n) is 18.0. The number of hydrogen-bond donors (Lipinski definition) is 0. The SMILES string of the molecule is CCc1coc(CSC2C=Nc3c(c(=O)n(C)c(=O)n3C)N2Cc2ccc(C#N)cc2)n1. The molecule has 0 saturated carbocycles. The average molecular weight is 451 g/mol. The van der Waals surface area contributed by atoms with Crippen molar-refractivity contribution in [2.75, 3.05) is 4.90 Å². The van der Waals surface area contributed by atoms with Crippen LogP contribution in [0.25, 0.3) is 0 Å². The molecule has 2 aromatic heterocycles. The first-order chi connectivity index (χ1) is 15.4. The lowest BCUT2D eigenvalue weighted by Gasteiger charge is -2.34. The topological polar surface area (TPSA) is 109 Å². The first-order valence-corrected chi connectivity index (χ1v) is 11.1. The number of nitrogens with zero attached hydrogens (tertiary/aromatic N) is 6. The fraction of sp³-hybridized carbons (Fsp3) is 0.318. The highest BCUT2D eigenvalue weighted by Crippen LogP contribution is 2.34. The quantitative estimate of drug-likeness (QED) is 0.567. The van der Waals surface area contributed by atoms with E-state index in [-0.39, 0.29) is 5.37 Å². The van der Waals surface area contributed by atoms with Gasteiger partial charge < -0.3 is 9.32 Å². The maximum absolute atomic E-state index is 13.1. The zero-order valence-corrected chi connectivity index (χ0v) is 18.8. The maximum atomic E-state index is 13.1. The fourth-order valence-corrected chi connectivity index (χ4v) is 4.43. The van der Waals surface area contributed by atoms with Gasteiger partial charge in [0, 0.05) is 26.9 Å². The van der Waals surface area contributed by atoms with Crippen LogP contribution in [0.1, 0.15) is 29.6 Å². The van der Waals surface area contributed by atoms with Crippen molar-refractivity contribution in [3.05, 3.63) is 74.1 Å². The van der Waals surface area contributed by atoms with Gasteiger partial charge in [0.1, 0.15) is 17.3 Å². The second kappa shape index (κ2) is 8.88. The van der Waals surface area contributed by atoms with E-state index >= 15 is 0 Å². The van der Waals surface area contributed by atoms with Crippen molar-refractivity contribution in [2.24, 2.45) is 19.1 Å². The van der Waals surface area contributed by atoms with Gasteiger partial charge in [0.25, 0.3) is 5.56 Å². The molecule has 3 heterocycles. The van der Waals surface area contributed by atoms with Gasteiger partial charge in [-0.3, -0.25) is 13.9 Å². The van der Waals surface area contributed by atoms with Gasteiger partial charge in [0.2, 0.25) is 5.89 Å². The number of thioether (sulfide) groups is 1. The van der Waals surface area contributed by atoms with Crippen LogP contribution >= 0.6 is 11.8 Å². The molecular weight excluding hydrogens is 428 g/mol. The van der Waals surface area contributed by atoms with Gasteiger partial charge in [-0.1, -0.05) is 19.1 Å². The molecule has 0 bridgehead atoms. The smallest absolute Gasteiger partial charge is 0.332 e. The highest BCUT2D eigenvalue weighted by atomic mass is 32.2. The highest BCUT2D eigenvalue weighted by molar-refractivity contribution is 7.99. The minimum atomic E-state index is -0.429. The normalized spacial score (nSPS) is 14.9. The van der Waals surface area contributed by atoms with E-state index in [1.54, 1.807) is 31.7 Å². The van der Waals surface area contributed by atoms with E-state index in [0.29, 0.717) is 35.3 Å². The van der Waals surface area contributed by atoms with Crippen LogP contribution in [0.5, 0.6) is 0 Å². The Balaban J connectivity index is 1.72. The van der Waals surface area contributed by atoms with Gasteiger partial charge in [0.15, 0.2) is 5.82 Å². The molecule has 1 aliphatic heterocycles. The molecule has 0 aliphatic carbocycles. The van der Waals surface area contributed by atoms with Crippen LogP contribution < -0.4 is 16.1 Å². The van der Waals surface area contributed by atoms with Crippen LogP contribution in [0, 0.1) is 11.3 Å². The molecule has 0 saturated heterocycles. The number of oxazole rings is 1. The van der Waals surface area contributed by atoms with Crippen LogP contribution in [0.3, 0.4) is 0 Å². The van der Waals surface area contributed by atoms with Crippen molar-refractivity contribution >= 4 is 29.5 Å². The van der Waals surface area contributed by atoms with Crippen LogP contribution in [0.4, 0.5) is 11.5 Å². The second-order valence-electron chi connectivity index (χ2n) is 7.38. The summed E-state index contributed by atoms with van der Waals surface area (Å²) >= 11 is 1.53. The monoisotopic (exact) mass is 450 g/mol. The molecule has 4 rings (SSSR count). The van der Waals surface area contributed by atoms with Crippen molar-refractivity contribution in [1.29, 1.82) is 5.26 Å². The van der Waals surface area contributed by atoms with Crippen molar-refractivity contribution < 1.29 is 4.42 Å². The minimum absolute atomic E-state index is 0.277. The Kier molecular flexibility index (Phi) is 6.01. The molecule has 164 valence electrons. The van der Waals surface area contributed by atoms with Crippen molar-refractivity contribution in [2.45, 2.75) is 31.0 Å². The van der Waals surface area contributed by atoms with Gasteiger partial charge in [-0.15, -0.1) is 11.8 Å². The number of aromatic nitrogens is 3. The Morgan fingerprint density at radius 1 is 1.19 bits per heavy atom. The molecule has 9 nitrogen and oxygen atoms in total. The molecule has 1 atom stereocenters. The number of aliphatic imine (C=N–C) groups is 1. The van der Waals surface area contributed by atoms with E-state index in [1.165, 1.54) is 23.4 Å². The van der Waals surface area contributed by atoms with Gasteiger partial charge >= 0.3 is 5.69 Å². The standard InChI is InChI=1S/C22H22N6O3S/c1-4-16-12-31-17(25-16)13-32-18-10-24-20-19(21(29)27(3)22(30)26(20)2)28(18)11-15-7-5-14(9-23)6-8-15/h5-8,10,12,18H,4,11,13H2,1-3H3. The van der Waals surface area contributed by atoms with Crippen molar-refractivity contribution in [3.8, 4) is 6.07 Å². The number of benzene rings is 1. The summed E-state index contributed by atoms with van der Waals surface area (Å²) in [6, 6.07) is 9.32. The Hall–Kier alpha value is -3.58. The molecule has 0 spiro atoms. The number of hydrogen-bond acceptors (Lipinski definition) is 8. The Morgan fingerprint density at radius 3 is 2.59 bits per heavy atom. The van der Waals surface area contributed by atoms with Crippen LogP contribution in [-0.4, -0.2) is 25.7 Å². The average Bonchev–Trinajstić information content (AvgIpc) is 3.29. The maximum Gasteiger partial charge on any atom is 0.332 e. The van der Waals surface area contributed by atoms with Crippen LogP contribution in [-0.2, 0) is 32.8 Å². The number of anilines is 1. The van der Waals surface area contributed by atoms with E-state index in [4.69, 9.17) is 9.68 Å². The summed E-state index contributed by atoms with van der Waals surface area (Å²) in [5, 5.41) is 8.79. The fourth-order valence-electron chi connectivity index (χ4n) is 3.47. The summed E-state index contributed by atoms with van der Waals surface area (Å²) in [4.78, 5) is 36.3. The van der Waals surface area contributed by atoms with Crippen LogP contribution in [0.2, 0.25) is 0 Å². The minimum Gasteiger partial charge on any atom is -0.448 e. The lowest BCUT2D eigenvalue weighted by molar-refractivity contribution is 0.516. The summed E-state index contributed by atoms with van der Waals surface area (Å²) in [5.74, 6) is 1.44. The summed E-state index contributed by atoms with van der Waals surface area (Å²) in [6.07, 6.45) is 4.18. The number of aryl methyl sites for hydroxylation is 1. The van der Waals surface area contributed by atoms with Crippen LogP contribution in [0.15, 0.2) is 49.5 Å². The predicted octanol–water partition coefficient (Wildman–Crippen LogP) is 2.49. The molecule has 0 radical (unpaired) electrons. The Morgan fingerprint density at radius 2 is 1.94 bits per heavy atom. The van der Waals surface area contributed by atoms with Crippen molar-refractivity contribution in [3.63, 3.8) is 0 Å². The lowest BCUT2D eigenvalue weighted by atomic mass is 10.1. The summed E-state index contributed by atoms with van der Waals surface area (Å²) in [5.41, 5.74) is 1.92. The molecule has 10 heteroatoms. The Labute approximate surface area is 188 Å². The first-order valence-electron chi connectivity index (χ1n) is 10.1. The van der Waals surface area contributed by atoms with Crippen molar-refractivity contribution in [1.82, 2.24) is 14.1 Å². The molecule has 0 N–H and O–H groups in total. The van der Waals surface area contributed by atoms with E-state index in [1.807, 2.05) is 24.0 Å². The lowest BCUT2D eigenvalue weighted by Crippen LogP contribution is -2.45.